The molecule has 0 aliphatic carbocycles. The number of amides is 6. The highest BCUT2D eigenvalue weighted by Gasteiger charge is 2.44. The number of nitrogens with one attached hydrogen (secondary N) is 2. The molecule has 25 nitrogen and oxygen atoms in total. The van der Waals surface area contributed by atoms with Gasteiger partial charge in [-0.05, 0) is 201 Å². The van der Waals surface area contributed by atoms with Gasteiger partial charge >= 0.3 is 12.1 Å². The lowest BCUT2D eigenvalue weighted by Crippen LogP contribution is -2.51. The summed E-state index contributed by atoms with van der Waals surface area (Å²) in [6, 6.07) is 15.4. The Morgan fingerprint density at radius 1 is 0.640 bits per heavy atom. The summed E-state index contributed by atoms with van der Waals surface area (Å²) in [5.41, 5.74) is 5.62. The zero-order chi connectivity index (χ0) is 61.7. The van der Waals surface area contributed by atoms with Gasteiger partial charge < -0.3 is 44.5 Å². The molecule has 6 atom stereocenters. The maximum atomic E-state index is 13.5. The number of hydrogen-bond donors (Lipinski definition) is 3. The Kier molecular flexibility index (Phi) is 20.5. The van der Waals surface area contributed by atoms with Crippen LogP contribution in [-0.4, -0.2) is 181 Å². The zero-order valence-electron chi connectivity index (χ0n) is 52.3. The van der Waals surface area contributed by atoms with E-state index in [0.29, 0.717) is 91.6 Å². The molecule has 0 saturated carbocycles. The Morgan fingerprint density at radius 3 is 1.48 bits per heavy atom. The number of anilines is 2. The van der Waals surface area contributed by atoms with Crippen molar-refractivity contribution in [3.8, 4) is 23.0 Å². The first-order valence-electron chi connectivity index (χ1n) is 31.5. The highest BCUT2D eigenvalue weighted by Crippen LogP contribution is 2.40. The molecule has 13 rings (SSSR count). The molecule has 4 unspecified atom stereocenters. The highest BCUT2D eigenvalue weighted by molar-refractivity contribution is 6.74. The van der Waals surface area contributed by atoms with Crippen LogP contribution in [0.4, 0.5) is 21.2 Å². The van der Waals surface area contributed by atoms with Crippen molar-refractivity contribution in [3.05, 3.63) is 94.6 Å². The maximum Gasteiger partial charge on any atom is 0.320 e. The summed E-state index contributed by atoms with van der Waals surface area (Å²) >= 11 is 0. The normalized spacial score (nSPS) is 20.8. The van der Waals surface area contributed by atoms with Gasteiger partial charge in [0.25, 0.3) is 11.8 Å². The van der Waals surface area contributed by atoms with Gasteiger partial charge in [0.05, 0.1) is 25.3 Å². The van der Waals surface area contributed by atoms with Crippen LogP contribution in [0.1, 0.15) is 167 Å². The van der Waals surface area contributed by atoms with Crippen LogP contribution in [0.25, 0.3) is 23.0 Å². The second kappa shape index (κ2) is 28.2. The number of tetrazole rings is 2. The lowest BCUT2D eigenvalue weighted by molar-refractivity contribution is 0.101. The summed E-state index contributed by atoms with van der Waals surface area (Å²) in [6.45, 7) is 19.6. The van der Waals surface area contributed by atoms with Crippen LogP contribution in [0.15, 0.2) is 60.9 Å². The fourth-order valence-electron chi connectivity index (χ4n) is 12.8. The van der Waals surface area contributed by atoms with Crippen LogP contribution in [-0.2, 0) is 35.1 Å². The van der Waals surface area contributed by atoms with Crippen molar-refractivity contribution in [2.45, 2.75) is 192 Å². The van der Waals surface area contributed by atoms with Gasteiger partial charge in [-0.15, -0.1) is 22.6 Å². The first-order valence-corrected chi connectivity index (χ1v) is 34.4. The number of fused-ring (bicyclic) bond motifs is 6. The van der Waals surface area contributed by atoms with Gasteiger partial charge in [-0.2, -0.15) is 0 Å². The third-order valence-electron chi connectivity index (χ3n) is 18.9. The second-order valence-electron chi connectivity index (χ2n) is 25.9. The molecule has 89 heavy (non-hydrogen) atoms. The fourth-order valence-corrected chi connectivity index (χ4v) is 13.9. The number of carbonyl (C=O) groups is 4. The van der Waals surface area contributed by atoms with Crippen LogP contribution < -0.4 is 10.6 Å². The van der Waals surface area contributed by atoms with E-state index in [4.69, 9.17) is 9.16 Å². The summed E-state index contributed by atoms with van der Waals surface area (Å²) in [5.74, 6) is 0.830. The Morgan fingerprint density at radius 2 is 1.08 bits per heavy atom. The molecular weight excluding hydrogens is 1170 g/mol. The summed E-state index contributed by atoms with van der Waals surface area (Å²) < 4.78 is 14.6. The van der Waals surface area contributed by atoms with E-state index in [0.717, 1.165) is 99.7 Å². The largest absolute Gasteiger partial charge is 0.415 e. The lowest BCUT2D eigenvalue weighted by atomic mass is 10.00. The van der Waals surface area contributed by atoms with Gasteiger partial charge in [0.2, 0.25) is 11.6 Å². The van der Waals surface area contributed by atoms with Crippen molar-refractivity contribution >= 4 is 56.2 Å². The lowest BCUT2D eigenvalue weighted by Gasteiger charge is -2.40. The molecule has 5 fully saturated rings. The number of carbonyl (C=O) groups excluding carboxylic acids is 4. The molecular formula is C62H85ClN18O7Si. The van der Waals surface area contributed by atoms with Crippen molar-refractivity contribution in [1.82, 2.24) is 80.0 Å². The molecule has 6 aromatic heterocycles. The third-order valence-corrected chi connectivity index (χ3v) is 23.4. The summed E-state index contributed by atoms with van der Waals surface area (Å²) in [5, 5.41) is 39.3. The molecule has 5 saturated heterocycles. The van der Waals surface area contributed by atoms with Gasteiger partial charge in [-0.1, -0.05) is 32.9 Å². The van der Waals surface area contributed by atoms with E-state index in [9.17, 15) is 24.3 Å². The molecule has 476 valence electrons. The highest BCUT2D eigenvalue weighted by atomic mass is 35.5. The predicted molar refractivity (Wildman–Crippen MR) is 337 cm³/mol. The van der Waals surface area contributed by atoms with Gasteiger partial charge in [0.15, 0.2) is 8.32 Å². The molecule has 27 heteroatoms. The monoisotopic (exact) mass is 1260 g/mol. The van der Waals surface area contributed by atoms with E-state index in [1.54, 1.807) is 54.3 Å². The number of aromatic nitrogens is 12. The molecule has 0 spiro atoms. The molecule has 6 amide bonds. The Balaban J connectivity index is 0.000000182. The van der Waals surface area contributed by atoms with Crippen molar-refractivity contribution in [2.75, 3.05) is 50.2 Å². The van der Waals surface area contributed by atoms with Crippen LogP contribution in [0, 0.1) is 0 Å². The average Bonchev–Trinajstić information content (AvgIpc) is 2.94. The SMILES string of the molecule is C1CCOC1.C[C@H](CO)n1nnnc1-c1cccc(NC(=O)c2cc3c(cn2)CCN(C(=O)N2C4CCCC2CC4)C3)n1.C[C@H](CO[Si](C)(C)C(C)(C)C)n1nnnc1-c1cccc(NC(=O)c2cc3c(cn2)CCN(C(=O)N2C4CCCC2CC4)C3)n1.Cl. The Bertz CT molecular complexity index is 3430. The van der Waals surface area contributed by atoms with E-state index >= 15 is 0 Å². The van der Waals surface area contributed by atoms with Gasteiger partial charge in [0.1, 0.15) is 34.4 Å². The number of pyridine rings is 4. The quantitative estimate of drug-likeness (QED) is 0.0963. The Labute approximate surface area is 527 Å². The average molecular weight is 1260 g/mol. The summed E-state index contributed by atoms with van der Waals surface area (Å²) in [4.78, 5) is 79.5. The smallest absolute Gasteiger partial charge is 0.320 e. The van der Waals surface area contributed by atoms with Crippen LogP contribution >= 0.6 is 12.4 Å². The molecule has 6 aromatic rings. The molecule has 4 bridgehead atoms. The van der Waals surface area contributed by atoms with Crippen molar-refractivity contribution in [3.63, 3.8) is 0 Å². The minimum absolute atomic E-state index is 0. The molecule has 3 N–H and O–H groups in total. The predicted octanol–water partition coefficient (Wildman–Crippen LogP) is 9.11. The van der Waals surface area contributed by atoms with Crippen LogP contribution in [0.3, 0.4) is 0 Å². The molecule has 7 aliphatic heterocycles. The number of nitrogens with zero attached hydrogens (tertiary/aromatic N) is 16. The van der Waals surface area contributed by atoms with Crippen molar-refractivity contribution < 1.29 is 33.4 Å². The van der Waals surface area contributed by atoms with E-state index in [-0.39, 0.29) is 65.5 Å². The molecule has 13 heterocycles. The number of aliphatic hydroxyl groups is 1. The van der Waals surface area contributed by atoms with Gasteiger partial charge in [0, 0.05) is 76.0 Å². The molecule has 0 radical (unpaired) electrons. The first kappa shape index (κ1) is 64.6. The maximum absolute atomic E-state index is 13.5. The van der Waals surface area contributed by atoms with Crippen LogP contribution in [0.2, 0.25) is 18.1 Å². The van der Waals surface area contributed by atoms with Crippen molar-refractivity contribution in [2.24, 2.45) is 0 Å². The fraction of sp³-hybridized carbons (Fsp3) is 0.581. The molecule has 0 aromatic carbocycles. The number of piperidine rings is 2. The Hall–Kier alpha value is -7.39. The van der Waals surface area contributed by atoms with Crippen LogP contribution in [0.5, 0.6) is 0 Å². The standard InChI is InChI=1S/C32H45N9O3Si.C26H31N9O3.C4H8O.ClH/c1-21(20-44-45(5,6)32(2,3)4)41-29(36-37-38-41)26-11-8-12-28(34-26)35-30(42)27-17-23-19-39(16-15-22(23)18-33-27)31(43)40-24-9-7-10-25(40)14-13-24;1-16(15-36)35-24(30-31-32-35)21-6-3-7-23(28-21)29-25(37)22-12-18-14-33(11-10-17(18)13-27-22)26(38)34-19-4-2-5-20(34)9-8-19;1-2-4-5-3-1;/h8,11-12,17-18,21,24-25H,7,9-10,13-16,19-20H2,1-6H3,(H,34,35,42);3,6-7,12-13,16,19-20,36H,2,4-5,8-11,14-15H2,1H3,(H,28,29,37);1-4H2;1H/t21-,24?,25?;16-,19?,20?;;/m11../s1. The van der Waals surface area contributed by atoms with E-state index in [1.807, 2.05) is 34.9 Å². The number of hydrogen-bond acceptors (Lipinski definition) is 17. The van der Waals surface area contributed by atoms with E-state index < -0.39 is 14.2 Å². The second-order valence-corrected chi connectivity index (χ2v) is 30.7. The zero-order valence-corrected chi connectivity index (χ0v) is 54.1. The number of ether oxygens (including phenoxy) is 1. The topological polar surface area (TPSA) is 283 Å². The first-order chi connectivity index (χ1) is 42.4. The van der Waals surface area contributed by atoms with E-state index in [2.05, 4.69) is 105 Å². The number of halogens is 1. The number of rotatable bonds is 12. The molecule has 7 aliphatic rings. The van der Waals surface area contributed by atoms with Gasteiger partial charge in [-0.3, -0.25) is 19.6 Å². The number of aliphatic hydroxyl groups excluding tert-OH is 1. The minimum Gasteiger partial charge on any atom is -0.415 e. The van der Waals surface area contributed by atoms with E-state index in [1.165, 1.54) is 30.4 Å². The number of urea groups is 2. The van der Waals surface area contributed by atoms with Crippen molar-refractivity contribution in [1.29, 1.82) is 0 Å². The minimum atomic E-state index is -1.94. The summed E-state index contributed by atoms with van der Waals surface area (Å²) in [6.07, 6.45) is 18.8. The summed E-state index contributed by atoms with van der Waals surface area (Å²) in [7, 11) is -1.94. The van der Waals surface area contributed by atoms with Gasteiger partial charge in [-0.25, -0.2) is 28.9 Å². The third kappa shape index (κ3) is 14.6.